The van der Waals surface area contributed by atoms with Crippen molar-refractivity contribution in [1.29, 1.82) is 0 Å². The van der Waals surface area contributed by atoms with E-state index in [4.69, 9.17) is 16.3 Å². The highest BCUT2D eigenvalue weighted by molar-refractivity contribution is 6.19. The fourth-order valence-corrected chi connectivity index (χ4v) is 0.735. The molecule has 0 aromatic heterocycles. The lowest BCUT2D eigenvalue weighted by atomic mass is 10.1. The summed E-state index contributed by atoms with van der Waals surface area (Å²) in [6.45, 7) is 5.34. The first-order chi connectivity index (χ1) is 6.39. The highest BCUT2D eigenvalue weighted by atomic mass is 35.5. The second kappa shape index (κ2) is 5.86. The maximum atomic E-state index is 12.0. The molecule has 0 bridgehead atoms. The van der Waals surface area contributed by atoms with Crippen LogP contribution in [-0.2, 0) is 4.74 Å². The van der Waals surface area contributed by atoms with Crippen LogP contribution in [0.25, 0.3) is 0 Å². The number of carbonyl (C=O) groups excluding carboxylic acids is 1. The number of ether oxygens (including phenoxy) is 1. The van der Waals surface area contributed by atoms with Gasteiger partial charge in [-0.25, -0.2) is 9.18 Å². The molecule has 5 heteroatoms. The molecule has 0 aromatic rings. The van der Waals surface area contributed by atoms with E-state index in [0.29, 0.717) is 6.33 Å². The Morgan fingerprint density at radius 3 is 2.50 bits per heavy atom. The number of rotatable bonds is 3. The Morgan fingerprint density at radius 1 is 1.57 bits per heavy atom. The van der Waals surface area contributed by atoms with Gasteiger partial charge in [-0.3, -0.25) is 0 Å². The van der Waals surface area contributed by atoms with Crippen LogP contribution in [0.4, 0.5) is 9.18 Å². The molecule has 0 aromatic carbocycles. The molecular weight excluding hydrogens is 209 g/mol. The lowest BCUT2D eigenvalue weighted by Gasteiger charge is -2.19. The van der Waals surface area contributed by atoms with Gasteiger partial charge in [-0.15, -0.1) is 11.6 Å². The Morgan fingerprint density at radius 2 is 2.14 bits per heavy atom. The second-order valence-corrected chi connectivity index (χ2v) is 4.12. The highest BCUT2D eigenvalue weighted by Crippen LogP contribution is 2.02. The van der Waals surface area contributed by atoms with E-state index in [0.717, 1.165) is 0 Å². The van der Waals surface area contributed by atoms with Crippen molar-refractivity contribution in [3.63, 3.8) is 0 Å². The number of hydrogen-bond acceptors (Lipinski definition) is 2. The van der Waals surface area contributed by atoms with E-state index in [1.54, 1.807) is 0 Å². The third kappa shape index (κ3) is 6.71. The zero-order chi connectivity index (χ0) is 11.2. The molecule has 1 amide bonds. The maximum Gasteiger partial charge on any atom is 0.407 e. The zero-order valence-electron chi connectivity index (χ0n) is 8.56. The molecule has 14 heavy (non-hydrogen) atoms. The smallest absolute Gasteiger partial charge is 0.407 e. The minimum atomic E-state index is -0.582. The molecule has 0 atom stereocenters. The van der Waals surface area contributed by atoms with Gasteiger partial charge in [0.1, 0.15) is 6.61 Å². The van der Waals surface area contributed by atoms with E-state index in [9.17, 15) is 9.18 Å². The van der Waals surface area contributed by atoms with Gasteiger partial charge in [-0.1, -0.05) is 0 Å². The number of carbonyl (C=O) groups is 1. The Labute approximate surface area is 88.3 Å². The third-order valence-electron chi connectivity index (χ3n) is 1.19. The van der Waals surface area contributed by atoms with Gasteiger partial charge in [0.2, 0.25) is 0 Å². The summed E-state index contributed by atoms with van der Waals surface area (Å²) in [7, 11) is 0. The fourth-order valence-electron chi connectivity index (χ4n) is 0.600. The minimum Gasteiger partial charge on any atom is -0.445 e. The van der Waals surface area contributed by atoms with Crippen LogP contribution in [0.15, 0.2) is 11.9 Å². The molecular formula is C9H15ClFNO2. The average molecular weight is 224 g/mol. The number of alkyl halides is 1. The van der Waals surface area contributed by atoms with Gasteiger partial charge in [0, 0.05) is 17.0 Å². The summed E-state index contributed by atoms with van der Waals surface area (Å²) >= 11 is 5.36. The van der Waals surface area contributed by atoms with E-state index < -0.39 is 6.09 Å². The van der Waals surface area contributed by atoms with Crippen LogP contribution in [0, 0.1) is 0 Å². The van der Waals surface area contributed by atoms with Crippen LogP contribution >= 0.6 is 11.6 Å². The van der Waals surface area contributed by atoms with Gasteiger partial charge in [0.25, 0.3) is 0 Å². The van der Waals surface area contributed by atoms with E-state index in [2.05, 4.69) is 5.32 Å². The molecule has 0 heterocycles. The first-order valence-corrected chi connectivity index (χ1v) is 4.71. The monoisotopic (exact) mass is 223 g/mol. The molecule has 0 radical (unpaired) electrons. The van der Waals surface area contributed by atoms with Crippen molar-refractivity contribution in [2.75, 3.05) is 12.5 Å². The number of nitrogens with one attached hydrogen (secondary N) is 1. The molecule has 0 unspecified atom stereocenters. The van der Waals surface area contributed by atoms with Crippen LogP contribution in [-0.4, -0.2) is 24.1 Å². The van der Waals surface area contributed by atoms with Gasteiger partial charge < -0.3 is 10.1 Å². The number of hydrogen-bond donors (Lipinski definition) is 1. The van der Waals surface area contributed by atoms with Crippen LogP contribution < -0.4 is 5.32 Å². The molecule has 0 saturated carbocycles. The third-order valence-corrected chi connectivity index (χ3v) is 1.53. The van der Waals surface area contributed by atoms with Crippen LogP contribution in [0.1, 0.15) is 20.8 Å². The Balaban J connectivity index is 3.86. The van der Waals surface area contributed by atoms with E-state index in [1.807, 2.05) is 20.8 Å². The molecule has 0 aliphatic rings. The summed E-state index contributed by atoms with van der Waals surface area (Å²) in [5.74, 6) is 0.0132. The predicted molar refractivity (Wildman–Crippen MR) is 54.1 cm³/mol. The van der Waals surface area contributed by atoms with Crippen molar-refractivity contribution in [1.82, 2.24) is 5.32 Å². The van der Waals surface area contributed by atoms with E-state index >= 15 is 0 Å². The predicted octanol–water partition coefficient (Wildman–Crippen LogP) is 2.60. The standard InChI is InChI=1S/C9H15ClFNO2/c1-9(2,3)12-8(13)14-6-7(4-10)5-11/h5H,4,6H2,1-3H3,(H,12,13)/b7-5+. The molecule has 1 N–H and O–H groups in total. The topological polar surface area (TPSA) is 38.3 Å². The molecule has 0 spiro atoms. The minimum absolute atomic E-state index is 0.0132. The van der Waals surface area contributed by atoms with Crippen molar-refractivity contribution in [2.45, 2.75) is 26.3 Å². The van der Waals surface area contributed by atoms with E-state index in [1.165, 1.54) is 0 Å². The summed E-state index contributed by atoms with van der Waals surface area (Å²) in [5, 5.41) is 2.57. The summed E-state index contributed by atoms with van der Waals surface area (Å²) in [6.07, 6.45) is -0.237. The molecule has 0 fully saturated rings. The van der Waals surface area contributed by atoms with E-state index in [-0.39, 0.29) is 23.6 Å². The van der Waals surface area contributed by atoms with Gasteiger partial charge in [0.15, 0.2) is 0 Å². The number of amides is 1. The first kappa shape index (κ1) is 13.2. The quantitative estimate of drug-likeness (QED) is 0.747. The molecule has 82 valence electrons. The zero-order valence-corrected chi connectivity index (χ0v) is 9.32. The van der Waals surface area contributed by atoms with Gasteiger partial charge in [-0.05, 0) is 20.8 Å². The van der Waals surface area contributed by atoms with Crippen molar-refractivity contribution in [3.8, 4) is 0 Å². The summed E-state index contributed by atoms with van der Waals surface area (Å²) < 4.78 is 16.7. The van der Waals surface area contributed by atoms with Gasteiger partial charge in [0.05, 0.1) is 6.33 Å². The molecule has 0 rings (SSSR count). The second-order valence-electron chi connectivity index (χ2n) is 3.85. The maximum absolute atomic E-state index is 12.0. The van der Waals surface area contributed by atoms with Crippen molar-refractivity contribution >= 4 is 17.7 Å². The Kier molecular flexibility index (Phi) is 5.53. The lowest BCUT2D eigenvalue weighted by Crippen LogP contribution is -2.41. The Bertz CT molecular complexity index is 223. The van der Waals surface area contributed by atoms with Gasteiger partial charge >= 0.3 is 6.09 Å². The number of halogens is 2. The largest absolute Gasteiger partial charge is 0.445 e. The average Bonchev–Trinajstić information content (AvgIpc) is 2.03. The number of alkyl carbamates (subject to hydrolysis) is 1. The molecule has 3 nitrogen and oxygen atoms in total. The van der Waals surface area contributed by atoms with Crippen molar-refractivity contribution < 1.29 is 13.9 Å². The van der Waals surface area contributed by atoms with Crippen LogP contribution in [0.2, 0.25) is 0 Å². The lowest BCUT2D eigenvalue weighted by molar-refractivity contribution is 0.146. The van der Waals surface area contributed by atoms with Crippen molar-refractivity contribution in [3.05, 3.63) is 11.9 Å². The van der Waals surface area contributed by atoms with Crippen LogP contribution in [0.3, 0.4) is 0 Å². The first-order valence-electron chi connectivity index (χ1n) is 4.18. The summed E-state index contributed by atoms with van der Waals surface area (Å²) in [6, 6.07) is 0. The molecule has 0 aliphatic carbocycles. The van der Waals surface area contributed by atoms with Gasteiger partial charge in [-0.2, -0.15) is 0 Å². The summed E-state index contributed by atoms with van der Waals surface area (Å²) in [5.41, 5.74) is -0.131. The van der Waals surface area contributed by atoms with Crippen LogP contribution in [0.5, 0.6) is 0 Å². The van der Waals surface area contributed by atoms with Crippen molar-refractivity contribution in [2.24, 2.45) is 0 Å². The SMILES string of the molecule is CC(C)(C)NC(=O)OC/C(=C/F)CCl. The highest BCUT2D eigenvalue weighted by Gasteiger charge is 2.14. The normalized spacial score (nSPS) is 12.5. The molecule has 0 saturated heterocycles. The Hall–Kier alpha value is -0.770. The fraction of sp³-hybridized carbons (Fsp3) is 0.667. The summed E-state index contributed by atoms with van der Waals surface area (Å²) in [4.78, 5) is 11.1. The molecule has 0 aliphatic heterocycles.